The third kappa shape index (κ3) is 3.68. The fraction of sp³-hybridized carbons (Fsp3) is 0.250. The largest absolute Gasteiger partial charge is 0.378 e. The van der Waals surface area contributed by atoms with Gasteiger partial charge in [-0.15, -0.1) is 5.53 Å². The molecule has 0 bridgehead atoms. The summed E-state index contributed by atoms with van der Waals surface area (Å²) in [6, 6.07) is 14.9. The lowest BCUT2D eigenvalue weighted by molar-refractivity contribution is -0.107. The summed E-state index contributed by atoms with van der Waals surface area (Å²) < 4.78 is 1.83. The first kappa shape index (κ1) is 19.4. The van der Waals surface area contributed by atoms with Crippen molar-refractivity contribution in [1.82, 2.24) is 25.7 Å². The molecule has 3 heterocycles. The molecule has 3 aromatic rings. The van der Waals surface area contributed by atoms with Crippen LogP contribution in [0.4, 0.5) is 5.69 Å². The Bertz CT molecular complexity index is 1150. The number of hydrogen-bond donors (Lipinski definition) is 3. The number of carbonyl (C=O) groups is 1. The van der Waals surface area contributed by atoms with Crippen LogP contribution in [-0.2, 0) is 18.3 Å². The van der Waals surface area contributed by atoms with Crippen molar-refractivity contribution in [2.75, 3.05) is 11.9 Å². The van der Waals surface area contributed by atoms with E-state index in [4.69, 9.17) is 0 Å². The zero-order chi connectivity index (χ0) is 21.4. The Morgan fingerprint density at radius 3 is 2.77 bits per heavy atom. The van der Waals surface area contributed by atoms with Crippen molar-refractivity contribution in [2.24, 2.45) is 7.05 Å². The van der Waals surface area contributed by atoms with Gasteiger partial charge in [-0.25, -0.2) is 0 Å². The van der Waals surface area contributed by atoms with Gasteiger partial charge in [-0.1, -0.05) is 24.3 Å². The summed E-state index contributed by atoms with van der Waals surface area (Å²) in [6.45, 7) is 2.97. The number of fused-ring (bicyclic) bond motifs is 3. The van der Waals surface area contributed by atoms with Crippen molar-refractivity contribution in [3.05, 3.63) is 77.2 Å². The van der Waals surface area contributed by atoms with E-state index in [0.717, 1.165) is 47.3 Å². The van der Waals surface area contributed by atoms with Crippen LogP contribution in [0.3, 0.4) is 0 Å². The minimum atomic E-state index is 0.149. The summed E-state index contributed by atoms with van der Waals surface area (Å²) in [7, 11) is 1.94. The Kier molecular flexibility index (Phi) is 4.95. The van der Waals surface area contributed by atoms with Gasteiger partial charge in [0, 0.05) is 43.0 Å². The molecule has 1 atom stereocenters. The van der Waals surface area contributed by atoms with Crippen LogP contribution in [0.5, 0.6) is 0 Å². The summed E-state index contributed by atoms with van der Waals surface area (Å²) in [5.74, 6) is 0. The van der Waals surface area contributed by atoms with Crippen LogP contribution in [0.1, 0.15) is 36.1 Å². The molecule has 0 saturated carbocycles. The molecule has 1 unspecified atom stereocenters. The van der Waals surface area contributed by atoms with Crippen LogP contribution in [0.25, 0.3) is 16.8 Å². The summed E-state index contributed by atoms with van der Waals surface area (Å²) in [5.41, 5.74) is 15.7. The summed E-state index contributed by atoms with van der Waals surface area (Å²) >= 11 is 0. The number of benzene rings is 2. The fourth-order valence-electron chi connectivity index (χ4n) is 4.40. The summed E-state index contributed by atoms with van der Waals surface area (Å²) in [6.07, 6.45) is 6.27. The molecule has 7 heteroatoms. The molecule has 2 aromatic carbocycles. The predicted molar refractivity (Wildman–Crippen MR) is 121 cm³/mol. The number of nitrogens with one attached hydrogen (secondary N) is 3. The number of aldehydes is 1. The van der Waals surface area contributed by atoms with E-state index in [1.807, 2.05) is 36.3 Å². The normalized spacial score (nSPS) is 17.6. The second kappa shape index (κ2) is 7.92. The van der Waals surface area contributed by atoms with Gasteiger partial charge in [0.2, 0.25) is 0 Å². The Morgan fingerprint density at radius 1 is 1.19 bits per heavy atom. The van der Waals surface area contributed by atoms with E-state index in [1.54, 1.807) is 0 Å². The first-order valence-corrected chi connectivity index (χ1v) is 10.5. The molecule has 0 saturated heterocycles. The van der Waals surface area contributed by atoms with Crippen LogP contribution < -0.4 is 16.3 Å². The molecule has 158 valence electrons. The average molecular weight is 415 g/mol. The summed E-state index contributed by atoms with van der Waals surface area (Å²) in [5, 5.41) is 10.3. The van der Waals surface area contributed by atoms with Crippen LogP contribution in [0, 0.1) is 0 Å². The number of allylic oxidation sites excluding steroid dienone is 1. The van der Waals surface area contributed by atoms with Crippen LogP contribution in [0.2, 0.25) is 0 Å². The highest BCUT2D eigenvalue weighted by Crippen LogP contribution is 2.39. The Morgan fingerprint density at radius 2 is 2.03 bits per heavy atom. The van der Waals surface area contributed by atoms with Crippen molar-refractivity contribution in [1.29, 1.82) is 0 Å². The SMILES string of the molecule is CC1=C2c3ccc(-c4cnn(C)c4)cc3C(Nc3ccc(CC=O)cc3)CCN2NN1. The maximum atomic E-state index is 10.8. The van der Waals surface area contributed by atoms with Gasteiger partial charge in [-0.2, -0.15) is 5.10 Å². The number of aromatic nitrogens is 2. The fourth-order valence-corrected chi connectivity index (χ4v) is 4.40. The van der Waals surface area contributed by atoms with Gasteiger partial charge >= 0.3 is 0 Å². The van der Waals surface area contributed by atoms with Crippen LogP contribution in [0.15, 0.2) is 60.6 Å². The van der Waals surface area contributed by atoms with E-state index in [2.05, 4.69) is 63.6 Å². The van der Waals surface area contributed by atoms with E-state index < -0.39 is 0 Å². The van der Waals surface area contributed by atoms with E-state index in [-0.39, 0.29) is 6.04 Å². The third-order valence-corrected chi connectivity index (χ3v) is 5.98. The van der Waals surface area contributed by atoms with E-state index in [1.165, 1.54) is 16.8 Å². The van der Waals surface area contributed by atoms with Crippen molar-refractivity contribution >= 4 is 17.7 Å². The third-order valence-electron chi connectivity index (χ3n) is 5.98. The number of hydrogen-bond acceptors (Lipinski definition) is 6. The number of rotatable bonds is 5. The number of hydrazine groups is 2. The monoisotopic (exact) mass is 414 g/mol. The standard InChI is InChI=1S/C24H26N6O/c1-16-24-21-8-5-18(19-14-25-29(2)15-19)13-22(21)23(9-11-30(24)28-27-16)26-20-6-3-17(4-7-20)10-12-31/h3-8,12-15,23,26-28H,9-11H2,1-2H3. The van der Waals surface area contributed by atoms with Crippen molar-refractivity contribution < 1.29 is 4.79 Å². The average Bonchev–Trinajstić information content (AvgIpc) is 3.33. The van der Waals surface area contributed by atoms with E-state index in [9.17, 15) is 4.79 Å². The zero-order valence-corrected chi connectivity index (χ0v) is 17.7. The van der Waals surface area contributed by atoms with Crippen LogP contribution in [-0.4, -0.2) is 27.6 Å². The maximum Gasteiger partial charge on any atom is 0.124 e. The van der Waals surface area contributed by atoms with Crippen molar-refractivity contribution in [3.63, 3.8) is 0 Å². The Balaban J connectivity index is 1.55. The summed E-state index contributed by atoms with van der Waals surface area (Å²) in [4.78, 5) is 10.8. The topological polar surface area (TPSA) is 74.2 Å². The van der Waals surface area contributed by atoms with Gasteiger partial charge in [-0.05, 0) is 48.2 Å². The van der Waals surface area contributed by atoms with Crippen molar-refractivity contribution in [3.8, 4) is 11.1 Å². The maximum absolute atomic E-state index is 10.8. The van der Waals surface area contributed by atoms with Gasteiger partial charge in [0.15, 0.2) is 0 Å². The predicted octanol–water partition coefficient (Wildman–Crippen LogP) is 3.40. The number of carbonyl (C=O) groups excluding carboxylic acids is 1. The molecular formula is C24H26N6O. The van der Waals surface area contributed by atoms with E-state index in [0.29, 0.717) is 6.42 Å². The van der Waals surface area contributed by atoms with Gasteiger partial charge < -0.3 is 15.5 Å². The van der Waals surface area contributed by atoms with Crippen LogP contribution >= 0.6 is 0 Å². The van der Waals surface area contributed by atoms with Gasteiger partial charge in [0.05, 0.1) is 23.6 Å². The molecule has 31 heavy (non-hydrogen) atoms. The molecule has 1 aromatic heterocycles. The van der Waals surface area contributed by atoms with Gasteiger partial charge in [0.25, 0.3) is 0 Å². The Hall–Kier alpha value is -3.58. The second-order valence-electron chi connectivity index (χ2n) is 8.12. The zero-order valence-electron chi connectivity index (χ0n) is 17.7. The van der Waals surface area contributed by atoms with Gasteiger partial charge in [0.1, 0.15) is 6.29 Å². The van der Waals surface area contributed by atoms with Crippen molar-refractivity contribution in [2.45, 2.75) is 25.8 Å². The number of anilines is 1. The minimum Gasteiger partial charge on any atom is -0.378 e. The molecule has 0 radical (unpaired) electrons. The molecule has 0 amide bonds. The number of aryl methyl sites for hydroxylation is 1. The molecule has 7 nitrogen and oxygen atoms in total. The number of nitrogens with zero attached hydrogens (tertiary/aromatic N) is 3. The highest BCUT2D eigenvalue weighted by atomic mass is 16.1. The molecule has 0 fully saturated rings. The molecule has 5 rings (SSSR count). The molecule has 0 spiro atoms. The lowest BCUT2D eigenvalue weighted by Crippen LogP contribution is -2.37. The lowest BCUT2D eigenvalue weighted by atomic mass is 9.93. The molecule has 2 aliphatic rings. The molecular weight excluding hydrogens is 388 g/mol. The second-order valence-corrected chi connectivity index (χ2v) is 8.12. The van der Waals surface area contributed by atoms with E-state index >= 15 is 0 Å². The molecule has 0 aliphatic carbocycles. The first-order chi connectivity index (χ1) is 15.1. The first-order valence-electron chi connectivity index (χ1n) is 10.5. The Labute approximate surface area is 181 Å². The molecule has 3 N–H and O–H groups in total. The minimum absolute atomic E-state index is 0.149. The highest BCUT2D eigenvalue weighted by molar-refractivity contribution is 5.75. The highest BCUT2D eigenvalue weighted by Gasteiger charge is 2.30. The molecule has 2 aliphatic heterocycles. The smallest absolute Gasteiger partial charge is 0.124 e. The quantitative estimate of drug-likeness (QED) is 0.556. The lowest BCUT2D eigenvalue weighted by Gasteiger charge is -2.21. The van der Waals surface area contributed by atoms with Gasteiger partial charge in [-0.3, -0.25) is 9.69 Å².